The van der Waals surface area contributed by atoms with E-state index in [1.807, 2.05) is 44.2 Å². The molecule has 0 aliphatic heterocycles. The summed E-state index contributed by atoms with van der Waals surface area (Å²) in [5.41, 5.74) is 0.438. The number of carbonyl (C=O) groups is 1. The van der Waals surface area contributed by atoms with Gasteiger partial charge in [0.1, 0.15) is 5.60 Å². The zero-order valence-electron chi connectivity index (χ0n) is 14.8. The Morgan fingerprint density at radius 3 is 2.38 bits per heavy atom. The van der Waals surface area contributed by atoms with Crippen molar-refractivity contribution in [3.8, 4) is 0 Å². The molecule has 0 radical (unpaired) electrons. The van der Waals surface area contributed by atoms with Crippen LogP contribution < -0.4 is 0 Å². The van der Waals surface area contributed by atoms with E-state index >= 15 is 0 Å². The molecule has 0 heterocycles. The molecule has 0 saturated heterocycles. The Hall–Kier alpha value is -1.43. The minimum atomic E-state index is -0.657. The average molecular weight is 336 g/mol. The van der Waals surface area contributed by atoms with Gasteiger partial charge in [0.15, 0.2) is 6.29 Å². The molecule has 0 amide bonds. The first-order valence-corrected chi connectivity index (χ1v) is 8.65. The number of carbonyl (C=O) groups excluding carboxylic acids is 1. The lowest BCUT2D eigenvalue weighted by molar-refractivity contribution is -0.263. The molecule has 5 nitrogen and oxygen atoms in total. The Morgan fingerprint density at radius 1 is 1.21 bits per heavy atom. The Balaban J connectivity index is 2.01. The van der Waals surface area contributed by atoms with Gasteiger partial charge in [-0.1, -0.05) is 30.3 Å². The molecule has 2 atom stereocenters. The first-order chi connectivity index (χ1) is 11.6. The van der Waals surface area contributed by atoms with Gasteiger partial charge in [0.25, 0.3) is 0 Å². The van der Waals surface area contributed by atoms with E-state index in [1.165, 1.54) is 6.92 Å². The van der Waals surface area contributed by atoms with Crippen LogP contribution in [0.3, 0.4) is 0 Å². The summed E-state index contributed by atoms with van der Waals surface area (Å²) in [4.78, 5) is 11.6. The number of esters is 1. The van der Waals surface area contributed by atoms with Crippen LogP contribution in [0.4, 0.5) is 0 Å². The lowest BCUT2D eigenvalue weighted by Gasteiger charge is -2.50. The van der Waals surface area contributed by atoms with Gasteiger partial charge in [-0.3, -0.25) is 4.79 Å². The number of hydrogen-bond donors (Lipinski definition) is 0. The van der Waals surface area contributed by atoms with Crippen molar-refractivity contribution in [3.05, 3.63) is 35.9 Å². The SMILES string of the molecule is CCOC(OCC)C1CCC1(COCc1ccccc1)OC(C)=O. The molecular formula is C19H28O5. The normalized spacial score (nSPS) is 23.1. The minimum absolute atomic E-state index is 0.00271. The second kappa shape index (κ2) is 9.16. The van der Waals surface area contributed by atoms with Gasteiger partial charge in [0.05, 0.1) is 19.1 Å². The maximum atomic E-state index is 11.6. The predicted molar refractivity (Wildman–Crippen MR) is 90.4 cm³/mol. The number of benzene rings is 1. The number of ether oxygens (including phenoxy) is 4. The van der Waals surface area contributed by atoms with E-state index in [9.17, 15) is 4.79 Å². The standard InChI is InChI=1S/C19H28O5/c1-4-22-18(23-5-2)17-11-12-19(17,24-15(3)20)14-21-13-16-9-7-6-8-10-16/h6-10,17-18H,4-5,11-14H2,1-3H3. The molecule has 2 rings (SSSR count). The first-order valence-electron chi connectivity index (χ1n) is 8.65. The summed E-state index contributed by atoms with van der Waals surface area (Å²) in [7, 11) is 0. The molecule has 0 bridgehead atoms. The number of rotatable bonds is 10. The van der Waals surface area contributed by atoms with E-state index in [-0.39, 0.29) is 18.2 Å². The highest BCUT2D eigenvalue weighted by molar-refractivity contribution is 5.66. The summed E-state index contributed by atoms with van der Waals surface area (Å²) >= 11 is 0. The van der Waals surface area contributed by atoms with Crippen LogP contribution >= 0.6 is 0 Å². The average Bonchev–Trinajstić information content (AvgIpc) is 2.54. The van der Waals surface area contributed by atoms with Crippen molar-refractivity contribution in [3.63, 3.8) is 0 Å². The van der Waals surface area contributed by atoms with Crippen molar-refractivity contribution >= 4 is 5.97 Å². The van der Waals surface area contributed by atoms with Crippen LogP contribution in [0, 0.1) is 5.92 Å². The van der Waals surface area contributed by atoms with Gasteiger partial charge < -0.3 is 18.9 Å². The van der Waals surface area contributed by atoms with Crippen molar-refractivity contribution in [1.29, 1.82) is 0 Å². The van der Waals surface area contributed by atoms with Crippen LogP contribution in [0.2, 0.25) is 0 Å². The molecule has 0 N–H and O–H groups in total. The molecule has 24 heavy (non-hydrogen) atoms. The zero-order valence-corrected chi connectivity index (χ0v) is 14.8. The lowest BCUT2D eigenvalue weighted by atomic mass is 9.69. The van der Waals surface area contributed by atoms with Crippen molar-refractivity contribution in [2.24, 2.45) is 5.92 Å². The fourth-order valence-electron chi connectivity index (χ4n) is 3.16. The summed E-state index contributed by atoms with van der Waals surface area (Å²) in [6.07, 6.45) is 1.29. The first kappa shape index (κ1) is 18.9. The second-order valence-corrected chi connectivity index (χ2v) is 6.06. The third-order valence-corrected chi connectivity index (χ3v) is 4.35. The molecule has 1 aliphatic carbocycles. The van der Waals surface area contributed by atoms with Gasteiger partial charge in [0, 0.05) is 20.1 Å². The van der Waals surface area contributed by atoms with Crippen molar-refractivity contribution in [1.82, 2.24) is 0 Å². The fourth-order valence-corrected chi connectivity index (χ4v) is 3.16. The van der Waals surface area contributed by atoms with Gasteiger partial charge in [-0.15, -0.1) is 0 Å². The molecule has 1 aliphatic rings. The second-order valence-electron chi connectivity index (χ2n) is 6.06. The third kappa shape index (κ3) is 4.79. The summed E-state index contributed by atoms with van der Waals surface area (Å²) in [5, 5.41) is 0. The van der Waals surface area contributed by atoms with E-state index in [0.29, 0.717) is 26.4 Å². The van der Waals surface area contributed by atoms with Crippen LogP contribution in [-0.2, 0) is 30.3 Å². The van der Waals surface area contributed by atoms with E-state index in [2.05, 4.69) is 0 Å². The van der Waals surface area contributed by atoms with Crippen molar-refractivity contribution in [2.75, 3.05) is 19.8 Å². The van der Waals surface area contributed by atoms with Crippen LogP contribution in [0.15, 0.2) is 30.3 Å². The molecule has 0 aromatic heterocycles. The van der Waals surface area contributed by atoms with Gasteiger partial charge in [-0.25, -0.2) is 0 Å². The van der Waals surface area contributed by atoms with E-state index in [4.69, 9.17) is 18.9 Å². The fraction of sp³-hybridized carbons (Fsp3) is 0.632. The maximum absolute atomic E-state index is 11.6. The Labute approximate surface area is 144 Å². The highest BCUT2D eigenvalue weighted by Gasteiger charge is 2.54. The largest absolute Gasteiger partial charge is 0.456 e. The van der Waals surface area contributed by atoms with Gasteiger partial charge >= 0.3 is 5.97 Å². The third-order valence-electron chi connectivity index (χ3n) is 4.35. The quantitative estimate of drug-likeness (QED) is 0.485. The molecule has 1 fully saturated rings. The van der Waals surface area contributed by atoms with E-state index < -0.39 is 5.60 Å². The number of hydrogen-bond acceptors (Lipinski definition) is 5. The van der Waals surface area contributed by atoms with Crippen LogP contribution in [0.25, 0.3) is 0 Å². The molecule has 1 saturated carbocycles. The van der Waals surface area contributed by atoms with E-state index in [0.717, 1.165) is 18.4 Å². The van der Waals surface area contributed by atoms with Gasteiger partial charge in [0.2, 0.25) is 0 Å². The Kier molecular flexibility index (Phi) is 7.21. The summed E-state index contributed by atoms with van der Waals surface area (Å²) in [6, 6.07) is 9.96. The smallest absolute Gasteiger partial charge is 0.303 e. The summed E-state index contributed by atoms with van der Waals surface area (Å²) in [6.45, 7) is 7.26. The lowest BCUT2D eigenvalue weighted by Crippen LogP contribution is -2.59. The van der Waals surface area contributed by atoms with Crippen LogP contribution in [0.5, 0.6) is 0 Å². The van der Waals surface area contributed by atoms with E-state index in [1.54, 1.807) is 0 Å². The molecule has 5 heteroatoms. The highest BCUT2D eigenvalue weighted by atomic mass is 16.7. The Bertz CT molecular complexity index is 498. The zero-order chi connectivity index (χ0) is 17.4. The molecule has 134 valence electrons. The molecule has 1 aromatic rings. The minimum Gasteiger partial charge on any atom is -0.456 e. The predicted octanol–water partition coefficient (Wildman–Crippen LogP) is 3.31. The summed E-state index contributed by atoms with van der Waals surface area (Å²) < 4.78 is 23.0. The molecule has 2 unspecified atom stereocenters. The molecule has 0 spiro atoms. The highest BCUT2D eigenvalue weighted by Crippen LogP contribution is 2.45. The monoisotopic (exact) mass is 336 g/mol. The summed E-state index contributed by atoms with van der Waals surface area (Å²) in [5.74, 6) is -0.299. The van der Waals surface area contributed by atoms with Crippen LogP contribution in [-0.4, -0.2) is 37.7 Å². The van der Waals surface area contributed by atoms with Gasteiger partial charge in [-0.2, -0.15) is 0 Å². The molecular weight excluding hydrogens is 308 g/mol. The van der Waals surface area contributed by atoms with Crippen molar-refractivity contribution in [2.45, 2.75) is 52.1 Å². The van der Waals surface area contributed by atoms with Gasteiger partial charge in [-0.05, 0) is 32.3 Å². The Morgan fingerprint density at radius 2 is 1.88 bits per heavy atom. The van der Waals surface area contributed by atoms with Crippen LogP contribution in [0.1, 0.15) is 39.2 Å². The maximum Gasteiger partial charge on any atom is 0.303 e. The van der Waals surface area contributed by atoms with Crippen molar-refractivity contribution < 1.29 is 23.7 Å². The molecule has 1 aromatic carbocycles. The topological polar surface area (TPSA) is 54.0 Å².